The lowest BCUT2D eigenvalue weighted by Gasteiger charge is -2.33. The Kier molecular flexibility index (Phi) is 6.45. The molecule has 0 unspecified atom stereocenters. The normalized spacial score (nSPS) is 15.0. The molecular weight excluding hydrogens is 464 g/mol. The quantitative estimate of drug-likeness (QED) is 0.524. The molecule has 0 atom stereocenters. The third-order valence-corrected chi connectivity index (χ3v) is 6.28. The monoisotopic (exact) mass is 482 g/mol. The van der Waals surface area contributed by atoms with E-state index in [2.05, 4.69) is 14.6 Å². The molecule has 12 heteroatoms. The predicted molar refractivity (Wildman–Crippen MR) is 112 cm³/mol. The van der Waals surface area contributed by atoms with Gasteiger partial charge in [0, 0.05) is 46.6 Å². The van der Waals surface area contributed by atoms with Gasteiger partial charge in [0.15, 0.2) is 0 Å². The zero-order chi connectivity index (χ0) is 23.6. The Labute approximate surface area is 188 Å². The zero-order valence-corrected chi connectivity index (χ0v) is 17.9. The maximum atomic E-state index is 13.9. The zero-order valence-electron chi connectivity index (χ0n) is 17.1. The van der Waals surface area contributed by atoms with E-state index in [9.17, 15) is 26.6 Å². The molecule has 0 N–H and O–H groups in total. The molecule has 1 fully saturated rings. The van der Waals surface area contributed by atoms with E-state index in [0.29, 0.717) is 35.8 Å². The first-order valence-electron chi connectivity index (χ1n) is 9.88. The van der Waals surface area contributed by atoms with Crippen LogP contribution in [0.2, 0.25) is 0 Å². The Morgan fingerprint density at radius 3 is 2.39 bits per heavy atom. The van der Waals surface area contributed by atoms with Crippen molar-refractivity contribution in [3.63, 3.8) is 0 Å². The first-order chi connectivity index (χ1) is 15.7. The summed E-state index contributed by atoms with van der Waals surface area (Å²) >= 11 is 0. The van der Waals surface area contributed by atoms with Crippen LogP contribution in [-0.4, -0.2) is 49.9 Å². The molecule has 0 saturated carbocycles. The van der Waals surface area contributed by atoms with Crippen LogP contribution in [0.25, 0.3) is 11.5 Å². The Morgan fingerprint density at radius 1 is 1.09 bits per heavy atom. The van der Waals surface area contributed by atoms with Crippen LogP contribution >= 0.6 is 0 Å². The standard InChI is InChI=1S/C21H18F4N4O3S/c22-16-2-1-3-17(12-16)29(20(30)28-8-10-33(31)11-9-28)13-14-4-6-15(7-5-14)18-26-27-19(32-18)21(23,24)25/h1-7,12H,8-11,13H2. The van der Waals surface area contributed by atoms with Gasteiger partial charge >= 0.3 is 18.1 Å². The number of anilines is 1. The summed E-state index contributed by atoms with van der Waals surface area (Å²) in [6, 6.07) is 11.5. The van der Waals surface area contributed by atoms with Gasteiger partial charge in [0.25, 0.3) is 0 Å². The molecule has 2 aromatic carbocycles. The lowest BCUT2D eigenvalue weighted by Crippen LogP contribution is -2.48. The van der Waals surface area contributed by atoms with Crippen molar-refractivity contribution < 1.29 is 31.0 Å². The highest BCUT2D eigenvalue weighted by atomic mass is 32.2. The van der Waals surface area contributed by atoms with Gasteiger partial charge in [-0.1, -0.05) is 18.2 Å². The number of carbonyl (C=O) groups excluding carboxylic acids is 1. The summed E-state index contributed by atoms with van der Waals surface area (Å²) in [4.78, 5) is 16.2. The molecule has 1 aromatic heterocycles. The van der Waals surface area contributed by atoms with Crippen LogP contribution in [0.4, 0.5) is 28.0 Å². The summed E-state index contributed by atoms with van der Waals surface area (Å²) < 4.78 is 68.2. The number of hydrogen-bond acceptors (Lipinski definition) is 5. The van der Waals surface area contributed by atoms with Crippen LogP contribution in [0.3, 0.4) is 0 Å². The molecule has 3 aromatic rings. The van der Waals surface area contributed by atoms with Crippen molar-refractivity contribution in [1.82, 2.24) is 15.1 Å². The molecule has 0 radical (unpaired) electrons. The molecule has 174 valence electrons. The Morgan fingerprint density at radius 2 is 1.79 bits per heavy atom. The summed E-state index contributed by atoms with van der Waals surface area (Å²) in [7, 11) is -0.964. The summed E-state index contributed by atoms with van der Waals surface area (Å²) in [5.74, 6) is -1.47. The average molecular weight is 482 g/mol. The van der Waals surface area contributed by atoms with Gasteiger partial charge in [-0.2, -0.15) is 13.2 Å². The van der Waals surface area contributed by atoms with Crippen LogP contribution in [0.15, 0.2) is 52.9 Å². The predicted octanol–water partition coefficient (Wildman–Crippen LogP) is 4.09. The van der Waals surface area contributed by atoms with Gasteiger partial charge in [0.1, 0.15) is 5.82 Å². The maximum absolute atomic E-state index is 13.9. The van der Waals surface area contributed by atoms with Gasteiger partial charge in [-0.05, 0) is 35.9 Å². The number of rotatable bonds is 4. The Hall–Kier alpha value is -3.28. The number of amides is 2. The van der Waals surface area contributed by atoms with E-state index in [0.717, 1.165) is 0 Å². The van der Waals surface area contributed by atoms with Gasteiger partial charge in [-0.15, -0.1) is 10.2 Å². The lowest BCUT2D eigenvalue weighted by atomic mass is 10.1. The Bertz CT molecular complexity index is 1160. The largest absolute Gasteiger partial charge is 0.470 e. The molecule has 2 amide bonds. The molecule has 33 heavy (non-hydrogen) atoms. The molecular formula is C21H18F4N4O3S. The molecule has 1 aliphatic rings. The second kappa shape index (κ2) is 9.30. The molecule has 2 heterocycles. The second-order valence-corrected chi connectivity index (χ2v) is 8.99. The fourth-order valence-electron chi connectivity index (χ4n) is 3.30. The highest BCUT2D eigenvalue weighted by Gasteiger charge is 2.38. The molecule has 0 aliphatic carbocycles. The SMILES string of the molecule is O=C(N1CCS(=O)CC1)N(Cc1ccc(-c2nnc(C(F)(F)F)o2)cc1)c1cccc(F)c1. The fourth-order valence-corrected chi connectivity index (χ4v) is 4.36. The molecule has 1 aliphatic heterocycles. The number of aromatic nitrogens is 2. The van der Waals surface area contributed by atoms with Crippen molar-refractivity contribution in [2.45, 2.75) is 12.7 Å². The first-order valence-corrected chi connectivity index (χ1v) is 11.4. The van der Waals surface area contributed by atoms with Crippen LogP contribution < -0.4 is 4.90 Å². The van der Waals surface area contributed by atoms with E-state index < -0.39 is 28.7 Å². The second-order valence-electron chi connectivity index (χ2n) is 7.29. The average Bonchev–Trinajstić information content (AvgIpc) is 3.29. The highest BCUT2D eigenvalue weighted by molar-refractivity contribution is 7.85. The van der Waals surface area contributed by atoms with E-state index in [4.69, 9.17) is 0 Å². The molecule has 7 nitrogen and oxygen atoms in total. The molecule has 0 spiro atoms. The topological polar surface area (TPSA) is 79.5 Å². The van der Waals surface area contributed by atoms with E-state index in [1.54, 1.807) is 23.1 Å². The van der Waals surface area contributed by atoms with Crippen molar-refractivity contribution in [2.24, 2.45) is 0 Å². The van der Waals surface area contributed by atoms with Crippen molar-refractivity contribution in [2.75, 3.05) is 29.5 Å². The number of benzene rings is 2. The van der Waals surface area contributed by atoms with Crippen LogP contribution in [0.1, 0.15) is 11.5 Å². The first kappa shape index (κ1) is 22.9. The highest BCUT2D eigenvalue weighted by Crippen LogP contribution is 2.30. The van der Waals surface area contributed by atoms with Crippen LogP contribution in [0, 0.1) is 5.82 Å². The fraction of sp³-hybridized carbons (Fsp3) is 0.286. The molecule has 0 bridgehead atoms. The van der Waals surface area contributed by atoms with Gasteiger partial charge in [-0.25, -0.2) is 9.18 Å². The van der Waals surface area contributed by atoms with Crippen molar-refractivity contribution in [3.05, 3.63) is 65.8 Å². The third-order valence-electron chi connectivity index (χ3n) is 5.01. The number of alkyl halides is 3. The summed E-state index contributed by atoms with van der Waals surface area (Å²) in [5, 5.41) is 6.43. The van der Waals surface area contributed by atoms with E-state index in [1.165, 1.54) is 35.2 Å². The van der Waals surface area contributed by atoms with E-state index in [-0.39, 0.29) is 24.0 Å². The maximum Gasteiger partial charge on any atom is 0.470 e. The van der Waals surface area contributed by atoms with Crippen molar-refractivity contribution in [1.29, 1.82) is 0 Å². The minimum Gasteiger partial charge on any atom is -0.413 e. The third kappa shape index (κ3) is 5.38. The number of nitrogens with zero attached hydrogens (tertiary/aromatic N) is 4. The number of carbonyl (C=O) groups is 1. The van der Waals surface area contributed by atoms with Crippen LogP contribution in [0.5, 0.6) is 0 Å². The van der Waals surface area contributed by atoms with Crippen LogP contribution in [-0.2, 0) is 23.5 Å². The summed E-state index contributed by atoms with van der Waals surface area (Å²) in [6.07, 6.45) is -4.74. The molecule has 4 rings (SSSR count). The van der Waals surface area contributed by atoms with Gasteiger partial charge < -0.3 is 9.32 Å². The number of hydrogen-bond donors (Lipinski definition) is 0. The van der Waals surface area contributed by atoms with Gasteiger partial charge in [0.2, 0.25) is 5.89 Å². The number of urea groups is 1. The molecule has 1 saturated heterocycles. The van der Waals surface area contributed by atoms with E-state index >= 15 is 0 Å². The van der Waals surface area contributed by atoms with Gasteiger partial charge in [-0.3, -0.25) is 9.11 Å². The lowest BCUT2D eigenvalue weighted by molar-refractivity contribution is -0.156. The van der Waals surface area contributed by atoms with E-state index in [1.807, 2.05) is 0 Å². The minimum absolute atomic E-state index is 0.0831. The summed E-state index contributed by atoms with van der Waals surface area (Å²) in [6.45, 7) is 0.740. The van der Waals surface area contributed by atoms with Crippen molar-refractivity contribution >= 4 is 22.5 Å². The minimum atomic E-state index is -4.74. The van der Waals surface area contributed by atoms with Crippen molar-refractivity contribution in [3.8, 4) is 11.5 Å². The Balaban J connectivity index is 1.56. The van der Waals surface area contributed by atoms with Gasteiger partial charge in [0.05, 0.1) is 6.54 Å². The number of halogens is 4. The summed E-state index contributed by atoms with van der Waals surface area (Å²) in [5.41, 5.74) is 1.28. The smallest absolute Gasteiger partial charge is 0.413 e.